The van der Waals surface area contributed by atoms with Crippen molar-refractivity contribution in [3.63, 3.8) is 0 Å². The van der Waals surface area contributed by atoms with Crippen LogP contribution in [0.15, 0.2) is 12.4 Å². The van der Waals surface area contributed by atoms with Crippen molar-refractivity contribution >= 4 is 12.0 Å². The number of urea groups is 1. The molecular weight excluding hydrogens is 248 g/mol. The van der Waals surface area contributed by atoms with Gasteiger partial charge in [0, 0.05) is 25.5 Å². The number of nitrogens with zero attached hydrogens (tertiary/aromatic N) is 2. The third kappa shape index (κ3) is 3.46. The highest BCUT2D eigenvalue weighted by Crippen LogP contribution is 2.25. The molecule has 2 amide bonds. The standard InChI is InChI=1S/C12H18N4O3/c1-16(7-10-13-4-5-14-10)12(19)15-9-3-2-8(6-9)11(17)18/h4-5,8-9H,2-3,6-7H2,1H3,(H,13,14)(H,15,19)(H,17,18). The molecule has 1 aliphatic carbocycles. The molecule has 2 atom stereocenters. The highest BCUT2D eigenvalue weighted by atomic mass is 16.4. The lowest BCUT2D eigenvalue weighted by Crippen LogP contribution is -2.42. The fraction of sp³-hybridized carbons (Fsp3) is 0.583. The van der Waals surface area contributed by atoms with E-state index < -0.39 is 5.97 Å². The average molecular weight is 266 g/mol. The zero-order chi connectivity index (χ0) is 13.8. The molecule has 7 heteroatoms. The lowest BCUT2D eigenvalue weighted by molar-refractivity contribution is -0.141. The number of nitrogens with one attached hydrogen (secondary N) is 2. The van der Waals surface area contributed by atoms with Crippen LogP contribution in [0.2, 0.25) is 0 Å². The van der Waals surface area contributed by atoms with Gasteiger partial charge in [-0.25, -0.2) is 9.78 Å². The highest BCUT2D eigenvalue weighted by Gasteiger charge is 2.31. The van der Waals surface area contributed by atoms with Gasteiger partial charge in [-0.3, -0.25) is 4.79 Å². The summed E-state index contributed by atoms with van der Waals surface area (Å²) in [4.78, 5) is 31.3. The van der Waals surface area contributed by atoms with Crippen molar-refractivity contribution < 1.29 is 14.7 Å². The van der Waals surface area contributed by atoms with Crippen LogP contribution in [0.4, 0.5) is 4.79 Å². The first kappa shape index (κ1) is 13.4. The van der Waals surface area contributed by atoms with E-state index in [9.17, 15) is 9.59 Å². The van der Waals surface area contributed by atoms with Gasteiger partial charge in [-0.15, -0.1) is 0 Å². The van der Waals surface area contributed by atoms with Crippen molar-refractivity contribution in [3.8, 4) is 0 Å². The number of aromatic nitrogens is 2. The minimum atomic E-state index is -0.777. The first-order valence-corrected chi connectivity index (χ1v) is 6.29. The van der Waals surface area contributed by atoms with Gasteiger partial charge in [-0.05, 0) is 19.3 Å². The van der Waals surface area contributed by atoms with E-state index in [4.69, 9.17) is 5.11 Å². The van der Waals surface area contributed by atoms with E-state index in [-0.39, 0.29) is 18.0 Å². The molecule has 0 saturated heterocycles. The van der Waals surface area contributed by atoms with Crippen molar-refractivity contribution in [1.29, 1.82) is 0 Å². The highest BCUT2D eigenvalue weighted by molar-refractivity contribution is 5.75. The molecule has 0 bridgehead atoms. The molecule has 104 valence electrons. The number of aliphatic carboxylic acids is 1. The fourth-order valence-corrected chi connectivity index (χ4v) is 2.30. The van der Waals surface area contributed by atoms with Crippen LogP contribution in [-0.4, -0.2) is 45.1 Å². The second-order valence-electron chi connectivity index (χ2n) is 4.89. The van der Waals surface area contributed by atoms with Gasteiger partial charge >= 0.3 is 12.0 Å². The summed E-state index contributed by atoms with van der Waals surface area (Å²) in [6.07, 6.45) is 5.19. The SMILES string of the molecule is CN(Cc1ncc[nH]1)C(=O)NC1CCC(C(=O)O)C1. The summed E-state index contributed by atoms with van der Waals surface area (Å²) in [6.45, 7) is 0.397. The maximum Gasteiger partial charge on any atom is 0.317 e. The number of hydrogen-bond acceptors (Lipinski definition) is 3. The Morgan fingerprint density at radius 1 is 1.58 bits per heavy atom. The predicted octanol–water partition coefficient (Wildman–Crippen LogP) is 0.804. The molecule has 3 N–H and O–H groups in total. The molecular formula is C12H18N4O3. The molecule has 1 aromatic heterocycles. The Labute approximate surface area is 111 Å². The topological polar surface area (TPSA) is 98.3 Å². The lowest BCUT2D eigenvalue weighted by Gasteiger charge is -2.20. The van der Waals surface area contributed by atoms with Crippen LogP contribution in [-0.2, 0) is 11.3 Å². The summed E-state index contributed by atoms with van der Waals surface area (Å²) in [5, 5.41) is 11.8. The lowest BCUT2D eigenvalue weighted by atomic mass is 10.1. The van der Waals surface area contributed by atoms with Crippen molar-refractivity contribution in [2.45, 2.75) is 31.8 Å². The maximum atomic E-state index is 11.9. The summed E-state index contributed by atoms with van der Waals surface area (Å²) in [7, 11) is 1.68. The Kier molecular flexibility index (Phi) is 4.03. The fourth-order valence-electron chi connectivity index (χ4n) is 2.30. The molecule has 0 aliphatic heterocycles. The van der Waals surface area contributed by atoms with Crippen LogP contribution < -0.4 is 5.32 Å². The summed E-state index contributed by atoms with van der Waals surface area (Å²) in [5.41, 5.74) is 0. The predicted molar refractivity (Wildman–Crippen MR) is 67.4 cm³/mol. The van der Waals surface area contributed by atoms with Gasteiger partial charge in [-0.1, -0.05) is 0 Å². The van der Waals surface area contributed by atoms with Crippen LogP contribution in [0.5, 0.6) is 0 Å². The largest absolute Gasteiger partial charge is 0.481 e. The molecule has 1 heterocycles. The minimum absolute atomic E-state index is 0.0485. The smallest absolute Gasteiger partial charge is 0.317 e. The number of rotatable bonds is 4. The molecule has 1 aromatic rings. The van der Waals surface area contributed by atoms with Gasteiger partial charge in [-0.2, -0.15) is 0 Å². The Balaban J connectivity index is 1.79. The van der Waals surface area contributed by atoms with E-state index in [0.717, 1.165) is 6.42 Å². The molecule has 1 fully saturated rings. The van der Waals surface area contributed by atoms with Crippen LogP contribution in [0.3, 0.4) is 0 Å². The Morgan fingerprint density at radius 3 is 2.95 bits per heavy atom. The number of amides is 2. The normalized spacial score (nSPS) is 22.2. The molecule has 2 rings (SSSR count). The van der Waals surface area contributed by atoms with E-state index in [2.05, 4.69) is 15.3 Å². The summed E-state index contributed by atoms with van der Waals surface area (Å²) in [5.74, 6) is -0.395. The van der Waals surface area contributed by atoms with E-state index in [1.165, 1.54) is 4.90 Å². The van der Waals surface area contributed by atoms with Crippen molar-refractivity contribution in [2.24, 2.45) is 5.92 Å². The third-order valence-corrected chi connectivity index (χ3v) is 3.40. The summed E-state index contributed by atoms with van der Waals surface area (Å²) in [6, 6.07) is -0.250. The van der Waals surface area contributed by atoms with E-state index in [1.807, 2.05) is 0 Å². The molecule has 0 radical (unpaired) electrons. The van der Waals surface area contributed by atoms with Gasteiger partial charge in [0.2, 0.25) is 0 Å². The number of carbonyl (C=O) groups is 2. The number of hydrogen-bond donors (Lipinski definition) is 3. The van der Waals surface area contributed by atoms with Crippen LogP contribution in [0, 0.1) is 5.92 Å². The second kappa shape index (κ2) is 5.73. The average Bonchev–Trinajstić information content (AvgIpc) is 2.99. The Hall–Kier alpha value is -2.05. The molecule has 2 unspecified atom stereocenters. The first-order valence-electron chi connectivity index (χ1n) is 6.29. The second-order valence-corrected chi connectivity index (χ2v) is 4.89. The van der Waals surface area contributed by atoms with E-state index >= 15 is 0 Å². The first-order chi connectivity index (χ1) is 9.06. The molecule has 7 nitrogen and oxygen atoms in total. The molecule has 1 saturated carbocycles. The van der Waals surface area contributed by atoms with Crippen LogP contribution in [0.1, 0.15) is 25.1 Å². The quantitative estimate of drug-likeness (QED) is 0.750. The van der Waals surface area contributed by atoms with Gasteiger partial charge < -0.3 is 20.3 Å². The van der Waals surface area contributed by atoms with E-state index in [0.29, 0.717) is 25.2 Å². The number of aromatic amines is 1. The number of carboxylic acids is 1. The van der Waals surface area contributed by atoms with Gasteiger partial charge in [0.05, 0.1) is 12.5 Å². The third-order valence-electron chi connectivity index (χ3n) is 3.40. The van der Waals surface area contributed by atoms with Gasteiger partial charge in [0.15, 0.2) is 0 Å². The summed E-state index contributed by atoms with van der Waals surface area (Å²) >= 11 is 0. The molecule has 19 heavy (non-hydrogen) atoms. The molecule has 0 aromatic carbocycles. The number of H-pyrrole nitrogens is 1. The van der Waals surface area contributed by atoms with Crippen LogP contribution in [0.25, 0.3) is 0 Å². The van der Waals surface area contributed by atoms with Crippen molar-refractivity contribution in [1.82, 2.24) is 20.2 Å². The zero-order valence-electron chi connectivity index (χ0n) is 10.8. The molecule has 1 aliphatic rings. The summed E-state index contributed by atoms with van der Waals surface area (Å²) < 4.78 is 0. The van der Waals surface area contributed by atoms with Crippen LogP contribution >= 0.6 is 0 Å². The van der Waals surface area contributed by atoms with Gasteiger partial charge in [0.25, 0.3) is 0 Å². The van der Waals surface area contributed by atoms with Crippen molar-refractivity contribution in [3.05, 3.63) is 18.2 Å². The zero-order valence-corrected chi connectivity index (χ0v) is 10.8. The van der Waals surface area contributed by atoms with Crippen molar-refractivity contribution in [2.75, 3.05) is 7.05 Å². The number of imidazole rings is 1. The Bertz CT molecular complexity index is 446. The maximum absolute atomic E-state index is 11.9. The molecule has 0 spiro atoms. The Morgan fingerprint density at radius 2 is 2.37 bits per heavy atom. The van der Waals surface area contributed by atoms with Gasteiger partial charge in [0.1, 0.15) is 5.82 Å². The monoisotopic (exact) mass is 266 g/mol. The van der Waals surface area contributed by atoms with E-state index in [1.54, 1.807) is 19.4 Å². The minimum Gasteiger partial charge on any atom is -0.481 e. The number of carbonyl (C=O) groups excluding carboxylic acids is 1. The number of carboxylic acid groups (broad SMARTS) is 1.